The SMILES string of the molecule is CC(C)C1=C(OS(=O)(=O)C(F)(F)F)COC1=O. The number of alkyl halides is 3. The number of esters is 1. The van der Waals surface area contributed by atoms with Gasteiger partial charge in [-0.25, -0.2) is 4.79 Å². The Labute approximate surface area is 95.3 Å². The number of cyclic esters (lactones) is 1. The van der Waals surface area contributed by atoms with Crippen molar-refractivity contribution in [2.45, 2.75) is 19.4 Å². The van der Waals surface area contributed by atoms with Crippen molar-refractivity contribution in [3.05, 3.63) is 11.3 Å². The molecule has 0 aromatic rings. The van der Waals surface area contributed by atoms with Crippen molar-refractivity contribution < 1.29 is 35.3 Å². The van der Waals surface area contributed by atoms with Crippen LogP contribution < -0.4 is 0 Å². The lowest BCUT2D eigenvalue weighted by Gasteiger charge is -2.11. The van der Waals surface area contributed by atoms with Gasteiger partial charge in [-0.05, 0) is 5.92 Å². The summed E-state index contributed by atoms with van der Waals surface area (Å²) >= 11 is 0. The average Bonchev–Trinajstić information content (AvgIpc) is 2.43. The van der Waals surface area contributed by atoms with Crippen LogP contribution in [0.2, 0.25) is 0 Å². The van der Waals surface area contributed by atoms with Crippen molar-refractivity contribution in [1.29, 1.82) is 0 Å². The van der Waals surface area contributed by atoms with E-state index in [4.69, 9.17) is 0 Å². The Morgan fingerprint density at radius 2 is 1.88 bits per heavy atom. The second-order valence-electron chi connectivity index (χ2n) is 3.55. The third kappa shape index (κ3) is 2.71. The summed E-state index contributed by atoms with van der Waals surface area (Å²) < 4.78 is 65.9. The number of halogens is 3. The summed E-state index contributed by atoms with van der Waals surface area (Å²) in [7, 11) is -5.76. The lowest BCUT2D eigenvalue weighted by atomic mass is 10.0. The largest absolute Gasteiger partial charge is 0.534 e. The zero-order chi connectivity index (χ0) is 13.4. The van der Waals surface area contributed by atoms with Gasteiger partial charge in [0.15, 0.2) is 12.4 Å². The summed E-state index contributed by atoms with van der Waals surface area (Å²) in [6, 6.07) is 0. The minimum Gasteiger partial charge on any atom is -0.454 e. The molecule has 1 rings (SSSR count). The summed E-state index contributed by atoms with van der Waals surface area (Å²) in [6.07, 6.45) is 0. The van der Waals surface area contributed by atoms with Crippen LogP contribution in [0.25, 0.3) is 0 Å². The summed E-state index contributed by atoms with van der Waals surface area (Å²) in [4.78, 5) is 11.1. The van der Waals surface area contributed by atoms with Crippen LogP contribution in [0.4, 0.5) is 13.2 Å². The first-order valence-electron chi connectivity index (χ1n) is 4.47. The number of ether oxygens (including phenoxy) is 1. The standard InChI is InChI=1S/C8H9F3O5S/c1-4(2)6-5(3-15-7(6)12)16-17(13,14)8(9,10)11/h4H,3H2,1-2H3. The van der Waals surface area contributed by atoms with Gasteiger partial charge < -0.3 is 8.92 Å². The van der Waals surface area contributed by atoms with E-state index in [1.54, 1.807) is 0 Å². The van der Waals surface area contributed by atoms with Gasteiger partial charge in [0.2, 0.25) is 0 Å². The van der Waals surface area contributed by atoms with Gasteiger partial charge in [-0.15, -0.1) is 0 Å². The smallest absolute Gasteiger partial charge is 0.454 e. The Kier molecular flexibility index (Phi) is 3.42. The molecule has 0 aliphatic carbocycles. The molecule has 9 heteroatoms. The lowest BCUT2D eigenvalue weighted by molar-refractivity contribution is -0.136. The highest BCUT2D eigenvalue weighted by Crippen LogP contribution is 2.31. The molecular weight excluding hydrogens is 265 g/mol. The molecule has 0 saturated heterocycles. The molecule has 0 bridgehead atoms. The molecule has 5 nitrogen and oxygen atoms in total. The molecule has 0 amide bonds. The second kappa shape index (κ2) is 4.21. The quantitative estimate of drug-likeness (QED) is 0.441. The van der Waals surface area contributed by atoms with Crippen molar-refractivity contribution >= 4 is 16.1 Å². The van der Waals surface area contributed by atoms with E-state index in [0.29, 0.717) is 0 Å². The molecule has 98 valence electrons. The van der Waals surface area contributed by atoms with E-state index in [1.165, 1.54) is 13.8 Å². The average molecular weight is 274 g/mol. The molecule has 0 spiro atoms. The molecule has 0 atom stereocenters. The minimum atomic E-state index is -5.76. The van der Waals surface area contributed by atoms with Crippen molar-refractivity contribution in [3.8, 4) is 0 Å². The number of hydrogen-bond donors (Lipinski definition) is 0. The van der Waals surface area contributed by atoms with Gasteiger partial charge in [0.05, 0.1) is 5.57 Å². The number of carbonyl (C=O) groups is 1. The molecule has 17 heavy (non-hydrogen) atoms. The van der Waals surface area contributed by atoms with Crippen LogP contribution in [-0.2, 0) is 23.8 Å². The Morgan fingerprint density at radius 3 is 2.29 bits per heavy atom. The van der Waals surface area contributed by atoms with E-state index >= 15 is 0 Å². The predicted octanol–water partition coefficient (Wildman–Crippen LogP) is 1.32. The van der Waals surface area contributed by atoms with Crippen LogP contribution >= 0.6 is 0 Å². The van der Waals surface area contributed by atoms with Gasteiger partial charge in [0.1, 0.15) is 0 Å². The van der Waals surface area contributed by atoms with Gasteiger partial charge in [-0.1, -0.05) is 13.8 Å². The van der Waals surface area contributed by atoms with E-state index in [9.17, 15) is 26.4 Å². The van der Waals surface area contributed by atoms with Gasteiger partial charge >= 0.3 is 21.6 Å². The molecule has 0 N–H and O–H groups in total. The Bertz CT molecular complexity index is 460. The zero-order valence-electron chi connectivity index (χ0n) is 8.87. The van der Waals surface area contributed by atoms with Gasteiger partial charge in [-0.2, -0.15) is 21.6 Å². The van der Waals surface area contributed by atoms with Crippen molar-refractivity contribution in [1.82, 2.24) is 0 Å². The Balaban J connectivity index is 3.08. The van der Waals surface area contributed by atoms with E-state index in [2.05, 4.69) is 8.92 Å². The molecule has 0 fully saturated rings. The summed E-state index contributed by atoms with van der Waals surface area (Å²) in [5.41, 5.74) is -5.73. The molecule has 0 unspecified atom stereocenters. The monoisotopic (exact) mass is 274 g/mol. The number of rotatable bonds is 3. The minimum absolute atomic E-state index is 0.196. The molecule has 0 aromatic carbocycles. The maximum Gasteiger partial charge on any atom is 0.534 e. The molecule has 1 aliphatic heterocycles. The molecular formula is C8H9F3O5S. The van der Waals surface area contributed by atoms with Gasteiger partial charge in [-0.3, -0.25) is 0 Å². The fourth-order valence-electron chi connectivity index (χ4n) is 1.21. The van der Waals surface area contributed by atoms with Crippen LogP contribution in [0, 0.1) is 5.92 Å². The maximum atomic E-state index is 12.1. The Morgan fingerprint density at radius 1 is 1.35 bits per heavy atom. The van der Waals surface area contributed by atoms with Crippen LogP contribution in [0.3, 0.4) is 0 Å². The molecule has 0 aromatic heterocycles. The maximum absolute atomic E-state index is 12.1. The molecule has 0 saturated carbocycles. The van der Waals surface area contributed by atoms with E-state index < -0.39 is 39.9 Å². The van der Waals surface area contributed by atoms with E-state index in [1.807, 2.05) is 0 Å². The summed E-state index contributed by atoms with van der Waals surface area (Å²) in [6.45, 7) is 2.40. The normalized spacial score (nSPS) is 17.6. The number of hydrogen-bond acceptors (Lipinski definition) is 5. The molecule has 1 aliphatic rings. The van der Waals surface area contributed by atoms with Crippen molar-refractivity contribution in [2.24, 2.45) is 5.92 Å². The first-order valence-corrected chi connectivity index (χ1v) is 5.88. The summed E-state index contributed by atoms with van der Waals surface area (Å²) in [5.74, 6) is -1.97. The third-order valence-electron chi connectivity index (χ3n) is 1.93. The zero-order valence-corrected chi connectivity index (χ0v) is 9.68. The van der Waals surface area contributed by atoms with Crippen LogP contribution in [-0.4, -0.2) is 26.5 Å². The highest BCUT2D eigenvalue weighted by atomic mass is 32.2. The Hall–Kier alpha value is -1.25. The van der Waals surface area contributed by atoms with Gasteiger partial charge in [0.25, 0.3) is 0 Å². The highest BCUT2D eigenvalue weighted by molar-refractivity contribution is 7.87. The van der Waals surface area contributed by atoms with Crippen molar-refractivity contribution in [3.63, 3.8) is 0 Å². The second-order valence-corrected chi connectivity index (χ2v) is 5.09. The number of carbonyl (C=O) groups excluding carboxylic acids is 1. The van der Waals surface area contributed by atoms with E-state index in [0.717, 1.165) is 0 Å². The third-order valence-corrected chi connectivity index (χ3v) is 2.91. The molecule has 0 radical (unpaired) electrons. The lowest BCUT2D eigenvalue weighted by Crippen LogP contribution is -2.26. The fraction of sp³-hybridized carbons (Fsp3) is 0.625. The summed E-state index contributed by atoms with van der Waals surface area (Å²) in [5, 5.41) is 0. The van der Waals surface area contributed by atoms with Crippen LogP contribution in [0.5, 0.6) is 0 Å². The first-order chi connectivity index (χ1) is 7.56. The predicted molar refractivity (Wildman–Crippen MR) is 48.9 cm³/mol. The van der Waals surface area contributed by atoms with Crippen LogP contribution in [0.1, 0.15) is 13.8 Å². The fourth-order valence-corrected chi connectivity index (χ4v) is 1.70. The van der Waals surface area contributed by atoms with Crippen molar-refractivity contribution in [2.75, 3.05) is 6.61 Å². The van der Waals surface area contributed by atoms with Gasteiger partial charge in [0, 0.05) is 0 Å². The first kappa shape index (κ1) is 13.8. The van der Waals surface area contributed by atoms with Crippen LogP contribution in [0.15, 0.2) is 11.3 Å². The van der Waals surface area contributed by atoms with E-state index in [-0.39, 0.29) is 5.57 Å². The highest BCUT2D eigenvalue weighted by Gasteiger charge is 2.50. The topological polar surface area (TPSA) is 69.7 Å². The molecule has 1 heterocycles.